The number of hydrogen-bond donors (Lipinski definition) is 1. The molecule has 0 saturated heterocycles. The summed E-state index contributed by atoms with van der Waals surface area (Å²) in [7, 11) is 0. The Morgan fingerprint density at radius 3 is 2.44 bits per heavy atom. The lowest BCUT2D eigenvalue weighted by atomic mass is 10.2. The lowest BCUT2D eigenvalue weighted by molar-refractivity contribution is -0.116. The van der Waals surface area contributed by atoms with Gasteiger partial charge >= 0.3 is 5.69 Å². The third-order valence-electron chi connectivity index (χ3n) is 3.87. The molecule has 138 valence electrons. The summed E-state index contributed by atoms with van der Waals surface area (Å²) in [6.07, 6.45) is 1.40. The number of anilines is 1. The average molecular weight is 449 g/mol. The van der Waals surface area contributed by atoms with Gasteiger partial charge in [-0.25, -0.2) is 4.79 Å². The van der Waals surface area contributed by atoms with Gasteiger partial charge in [0.05, 0.1) is 6.54 Å². The number of amides is 1. The van der Waals surface area contributed by atoms with Crippen LogP contribution in [0.4, 0.5) is 5.69 Å². The minimum atomic E-state index is -0.576. The van der Waals surface area contributed by atoms with Gasteiger partial charge in [-0.1, -0.05) is 45.7 Å². The number of benzene rings is 2. The van der Waals surface area contributed by atoms with E-state index < -0.39 is 17.2 Å². The number of nitrogens with zero attached hydrogens (tertiary/aromatic N) is 2. The molecule has 0 radical (unpaired) electrons. The zero-order chi connectivity index (χ0) is 19.4. The second kappa shape index (κ2) is 8.37. The van der Waals surface area contributed by atoms with E-state index in [0.29, 0.717) is 10.7 Å². The highest BCUT2D eigenvalue weighted by molar-refractivity contribution is 9.10. The molecule has 0 aliphatic heterocycles. The van der Waals surface area contributed by atoms with Crippen molar-refractivity contribution in [1.29, 1.82) is 0 Å². The molecule has 0 atom stereocenters. The fourth-order valence-electron chi connectivity index (χ4n) is 2.51. The Morgan fingerprint density at radius 2 is 1.74 bits per heavy atom. The predicted molar refractivity (Wildman–Crippen MR) is 108 cm³/mol. The van der Waals surface area contributed by atoms with Gasteiger partial charge < -0.3 is 5.32 Å². The fraction of sp³-hybridized carbons (Fsp3) is 0.105. The number of halogens is 2. The first-order chi connectivity index (χ1) is 12.9. The van der Waals surface area contributed by atoms with Crippen molar-refractivity contribution < 1.29 is 4.79 Å². The summed E-state index contributed by atoms with van der Waals surface area (Å²) in [6, 6.07) is 15.4. The van der Waals surface area contributed by atoms with E-state index in [1.54, 1.807) is 42.5 Å². The zero-order valence-electron chi connectivity index (χ0n) is 14.1. The minimum Gasteiger partial charge on any atom is -0.325 e. The van der Waals surface area contributed by atoms with Crippen molar-refractivity contribution in [3.63, 3.8) is 0 Å². The van der Waals surface area contributed by atoms with Crippen LogP contribution in [0, 0.1) is 0 Å². The highest BCUT2D eigenvalue weighted by Gasteiger charge is 2.11. The molecule has 1 N–H and O–H groups in total. The van der Waals surface area contributed by atoms with Gasteiger partial charge in [-0.15, -0.1) is 0 Å². The molecule has 1 heterocycles. The van der Waals surface area contributed by atoms with E-state index in [1.165, 1.54) is 16.8 Å². The number of hydrogen-bond acceptors (Lipinski definition) is 3. The Morgan fingerprint density at radius 1 is 1.04 bits per heavy atom. The summed E-state index contributed by atoms with van der Waals surface area (Å²) in [6.45, 7) is -0.176. The standard InChI is InChI=1S/C19H15BrClN3O3/c20-14-5-7-15(8-6-14)22-17(25)12-24-18(26)9-10-23(19(24)27)11-13-3-1-2-4-16(13)21/h1-10H,11-12H2,(H,22,25). The van der Waals surface area contributed by atoms with Gasteiger partial charge in [0.2, 0.25) is 5.91 Å². The summed E-state index contributed by atoms with van der Waals surface area (Å²) in [4.78, 5) is 37.0. The Hall–Kier alpha value is -2.64. The van der Waals surface area contributed by atoms with Crippen LogP contribution < -0.4 is 16.6 Å². The normalized spacial score (nSPS) is 10.6. The van der Waals surface area contributed by atoms with Gasteiger partial charge in [0.25, 0.3) is 5.56 Å². The summed E-state index contributed by atoms with van der Waals surface area (Å²) in [5.41, 5.74) is 0.198. The van der Waals surface area contributed by atoms with Crippen LogP contribution in [0.3, 0.4) is 0 Å². The molecule has 2 aromatic carbocycles. The zero-order valence-corrected chi connectivity index (χ0v) is 16.4. The van der Waals surface area contributed by atoms with Crippen LogP contribution in [0.25, 0.3) is 0 Å². The highest BCUT2D eigenvalue weighted by Crippen LogP contribution is 2.15. The summed E-state index contributed by atoms with van der Waals surface area (Å²) in [5.74, 6) is -0.466. The van der Waals surface area contributed by atoms with Crippen molar-refractivity contribution in [3.8, 4) is 0 Å². The minimum absolute atomic E-state index is 0.202. The van der Waals surface area contributed by atoms with Gasteiger partial charge in [0, 0.05) is 27.4 Å². The molecular weight excluding hydrogens is 434 g/mol. The van der Waals surface area contributed by atoms with E-state index in [4.69, 9.17) is 11.6 Å². The van der Waals surface area contributed by atoms with E-state index in [1.807, 2.05) is 6.07 Å². The van der Waals surface area contributed by atoms with E-state index in [0.717, 1.165) is 14.6 Å². The van der Waals surface area contributed by atoms with Crippen LogP contribution in [0.2, 0.25) is 5.02 Å². The molecule has 6 nitrogen and oxygen atoms in total. The van der Waals surface area contributed by atoms with Gasteiger partial charge in [0.15, 0.2) is 0 Å². The van der Waals surface area contributed by atoms with Crippen molar-refractivity contribution in [2.24, 2.45) is 0 Å². The van der Waals surface area contributed by atoms with Gasteiger partial charge in [0.1, 0.15) is 6.54 Å². The quantitative estimate of drug-likeness (QED) is 0.652. The van der Waals surface area contributed by atoms with Crippen LogP contribution in [-0.4, -0.2) is 15.0 Å². The summed E-state index contributed by atoms with van der Waals surface area (Å²) >= 11 is 9.44. The molecular formula is C19H15BrClN3O3. The molecule has 3 aromatic rings. The molecule has 0 aliphatic rings. The predicted octanol–water partition coefficient (Wildman–Crippen LogP) is 3.11. The first kappa shape index (κ1) is 19.1. The molecule has 0 fully saturated rings. The van der Waals surface area contributed by atoms with Gasteiger partial charge in [-0.3, -0.25) is 18.7 Å². The van der Waals surface area contributed by atoms with E-state index in [2.05, 4.69) is 21.2 Å². The Bertz CT molecular complexity index is 1090. The first-order valence-electron chi connectivity index (χ1n) is 8.03. The molecule has 0 spiro atoms. The SMILES string of the molecule is O=C(Cn1c(=O)ccn(Cc2ccccc2Cl)c1=O)Nc1ccc(Br)cc1. The second-order valence-electron chi connectivity index (χ2n) is 5.80. The Labute approximate surface area is 168 Å². The number of aromatic nitrogens is 2. The van der Waals surface area contributed by atoms with E-state index in [-0.39, 0.29) is 13.1 Å². The molecule has 3 rings (SSSR count). The van der Waals surface area contributed by atoms with E-state index in [9.17, 15) is 14.4 Å². The van der Waals surface area contributed by atoms with Crippen LogP contribution in [0.1, 0.15) is 5.56 Å². The van der Waals surface area contributed by atoms with Crippen LogP contribution in [-0.2, 0) is 17.9 Å². The van der Waals surface area contributed by atoms with Crippen LogP contribution in [0.15, 0.2) is 74.9 Å². The monoisotopic (exact) mass is 447 g/mol. The molecule has 0 bridgehead atoms. The molecule has 27 heavy (non-hydrogen) atoms. The van der Waals surface area contributed by atoms with Crippen molar-refractivity contribution >= 4 is 39.1 Å². The van der Waals surface area contributed by atoms with Crippen LogP contribution in [0.5, 0.6) is 0 Å². The molecule has 8 heteroatoms. The number of nitrogens with one attached hydrogen (secondary N) is 1. The maximum Gasteiger partial charge on any atom is 0.331 e. The second-order valence-corrected chi connectivity index (χ2v) is 7.12. The number of carbonyl (C=O) groups is 1. The lowest BCUT2D eigenvalue weighted by Crippen LogP contribution is -2.41. The maximum absolute atomic E-state index is 12.6. The molecule has 0 saturated carbocycles. The average Bonchev–Trinajstić information content (AvgIpc) is 2.64. The van der Waals surface area contributed by atoms with Gasteiger partial charge in [-0.2, -0.15) is 0 Å². The van der Waals surface area contributed by atoms with Crippen molar-refractivity contribution in [3.05, 3.63) is 96.7 Å². The third kappa shape index (κ3) is 4.75. The summed E-state index contributed by atoms with van der Waals surface area (Å²) in [5, 5.41) is 3.18. The van der Waals surface area contributed by atoms with Gasteiger partial charge in [-0.05, 0) is 35.9 Å². The third-order valence-corrected chi connectivity index (χ3v) is 4.77. The van der Waals surface area contributed by atoms with Crippen LogP contribution >= 0.6 is 27.5 Å². The number of rotatable bonds is 5. The first-order valence-corrected chi connectivity index (χ1v) is 9.20. The Balaban J connectivity index is 1.82. The Kier molecular flexibility index (Phi) is 5.93. The topological polar surface area (TPSA) is 73.1 Å². The summed E-state index contributed by atoms with van der Waals surface area (Å²) < 4.78 is 3.11. The van der Waals surface area contributed by atoms with E-state index >= 15 is 0 Å². The highest BCUT2D eigenvalue weighted by atomic mass is 79.9. The van der Waals surface area contributed by atoms with Crippen molar-refractivity contribution in [2.75, 3.05) is 5.32 Å². The largest absolute Gasteiger partial charge is 0.331 e. The van der Waals surface area contributed by atoms with Crippen molar-refractivity contribution in [2.45, 2.75) is 13.1 Å². The molecule has 1 amide bonds. The number of carbonyl (C=O) groups excluding carboxylic acids is 1. The fourth-order valence-corrected chi connectivity index (χ4v) is 2.97. The lowest BCUT2D eigenvalue weighted by Gasteiger charge is -2.11. The van der Waals surface area contributed by atoms with Crippen molar-refractivity contribution in [1.82, 2.24) is 9.13 Å². The smallest absolute Gasteiger partial charge is 0.325 e. The maximum atomic E-state index is 12.6. The molecule has 1 aromatic heterocycles. The molecule has 0 aliphatic carbocycles. The molecule has 0 unspecified atom stereocenters.